The summed E-state index contributed by atoms with van der Waals surface area (Å²) in [6, 6.07) is 10.5. The van der Waals surface area contributed by atoms with Crippen molar-refractivity contribution in [3.05, 3.63) is 35.9 Å². The molecule has 2 nitrogen and oxygen atoms in total. The predicted octanol–water partition coefficient (Wildman–Crippen LogP) is 4.07. The number of β-amino-alcohol motifs (C(OH)–C–C–N with tert-alkyl or cyclic N) is 1. The monoisotopic (exact) mass is 289 g/mol. The number of rotatable bonds is 8. The molecule has 0 unspecified atom stereocenters. The zero-order chi connectivity index (χ0) is 15.0. The molecule has 21 heavy (non-hydrogen) atoms. The van der Waals surface area contributed by atoms with Crippen molar-refractivity contribution in [1.29, 1.82) is 0 Å². The van der Waals surface area contributed by atoms with Gasteiger partial charge in [0.2, 0.25) is 0 Å². The second-order valence-electron chi connectivity index (χ2n) is 6.65. The van der Waals surface area contributed by atoms with Gasteiger partial charge in [-0.25, -0.2) is 0 Å². The van der Waals surface area contributed by atoms with Gasteiger partial charge in [0.15, 0.2) is 0 Å². The average molecular weight is 289 g/mol. The van der Waals surface area contributed by atoms with Gasteiger partial charge < -0.3 is 10.4 Å². The van der Waals surface area contributed by atoms with Crippen molar-refractivity contribution in [2.45, 2.75) is 76.4 Å². The highest BCUT2D eigenvalue weighted by molar-refractivity contribution is 5.14. The molecule has 1 aromatic rings. The summed E-state index contributed by atoms with van der Waals surface area (Å²) in [4.78, 5) is 0. The van der Waals surface area contributed by atoms with E-state index in [0.717, 1.165) is 19.4 Å². The fourth-order valence-electron chi connectivity index (χ4n) is 3.64. The van der Waals surface area contributed by atoms with Crippen LogP contribution in [0.1, 0.15) is 63.9 Å². The zero-order valence-electron chi connectivity index (χ0n) is 13.5. The second-order valence-corrected chi connectivity index (χ2v) is 6.65. The van der Waals surface area contributed by atoms with Gasteiger partial charge in [-0.2, -0.15) is 0 Å². The summed E-state index contributed by atoms with van der Waals surface area (Å²) in [6.45, 7) is 3.01. The normalized spacial score (nSPS) is 19.3. The highest BCUT2D eigenvalue weighted by atomic mass is 16.3. The molecular weight excluding hydrogens is 258 g/mol. The maximum atomic E-state index is 10.3. The Labute approximate surface area is 130 Å². The maximum absolute atomic E-state index is 10.3. The Hall–Kier alpha value is -0.860. The molecule has 1 fully saturated rings. The summed E-state index contributed by atoms with van der Waals surface area (Å²) in [6.07, 6.45) is 10.7. The van der Waals surface area contributed by atoms with Gasteiger partial charge in [0, 0.05) is 12.1 Å². The van der Waals surface area contributed by atoms with E-state index in [0.29, 0.717) is 5.54 Å². The number of aliphatic hydroxyl groups is 1. The molecule has 0 saturated heterocycles. The van der Waals surface area contributed by atoms with Gasteiger partial charge in [-0.1, -0.05) is 62.9 Å². The van der Waals surface area contributed by atoms with Gasteiger partial charge in [-0.15, -0.1) is 0 Å². The number of hydrogen-bond donors (Lipinski definition) is 2. The lowest BCUT2D eigenvalue weighted by atomic mass is 9.78. The van der Waals surface area contributed by atoms with E-state index in [1.54, 1.807) is 0 Å². The molecular formula is C19H31NO. The van der Waals surface area contributed by atoms with Gasteiger partial charge in [0.05, 0.1) is 6.10 Å². The Kier molecular flexibility index (Phi) is 6.72. The summed E-state index contributed by atoms with van der Waals surface area (Å²) in [5, 5.41) is 14.0. The van der Waals surface area contributed by atoms with E-state index in [1.165, 1.54) is 50.5 Å². The molecule has 1 aromatic carbocycles. The molecule has 2 N–H and O–H groups in total. The van der Waals surface area contributed by atoms with Gasteiger partial charge >= 0.3 is 0 Å². The van der Waals surface area contributed by atoms with Crippen LogP contribution in [0.25, 0.3) is 0 Å². The number of benzene rings is 1. The quantitative estimate of drug-likeness (QED) is 0.756. The summed E-state index contributed by atoms with van der Waals surface area (Å²) < 4.78 is 0. The van der Waals surface area contributed by atoms with Crippen molar-refractivity contribution < 1.29 is 5.11 Å². The Morgan fingerprint density at radius 1 is 1.14 bits per heavy atom. The van der Waals surface area contributed by atoms with Gasteiger partial charge in [0.1, 0.15) is 0 Å². The third kappa shape index (κ3) is 5.44. The molecule has 1 aliphatic rings. The van der Waals surface area contributed by atoms with Crippen LogP contribution in [0.15, 0.2) is 30.3 Å². The highest BCUT2D eigenvalue weighted by Gasteiger charge is 2.30. The van der Waals surface area contributed by atoms with E-state index in [-0.39, 0.29) is 6.10 Å². The van der Waals surface area contributed by atoms with Crippen molar-refractivity contribution in [1.82, 2.24) is 5.32 Å². The molecule has 0 radical (unpaired) electrons. The minimum Gasteiger partial charge on any atom is -0.392 e. The molecule has 118 valence electrons. The van der Waals surface area contributed by atoms with E-state index in [9.17, 15) is 5.11 Å². The van der Waals surface area contributed by atoms with Crippen LogP contribution >= 0.6 is 0 Å². The molecule has 2 heteroatoms. The first kappa shape index (κ1) is 16.5. The molecule has 0 bridgehead atoms. The van der Waals surface area contributed by atoms with E-state index in [1.807, 2.05) is 6.07 Å². The first-order chi connectivity index (χ1) is 10.2. The minimum atomic E-state index is -0.235. The van der Waals surface area contributed by atoms with Crippen LogP contribution in [0.3, 0.4) is 0 Å². The van der Waals surface area contributed by atoms with E-state index in [2.05, 4.69) is 36.5 Å². The van der Waals surface area contributed by atoms with Crippen LogP contribution in [0.4, 0.5) is 0 Å². The molecule has 1 saturated carbocycles. The zero-order valence-corrected chi connectivity index (χ0v) is 13.5. The van der Waals surface area contributed by atoms with Crippen LogP contribution in [0.2, 0.25) is 0 Å². The molecule has 0 aromatic heterocycles. The number of aliphatic hydroxyl groups excluding tert-OH is 1. The third-order valence-corrected chi connectivity index (χ3v) is 4.86. The fraction of sp³-hybridized carbons (Fsp3) is 0.684. The fourth-order valence-corrected chi connectivity index (χ4v) is 3.64. The van der Waals surface area contributed by atoms with E-state index in [4.69, 9.17) is 0 Å². The summed E-state index contributed by atoms with van der Waals surface area (Å²) >= 11 is 0. The molecule has 0 heterocycles. The smallest absolute Gasteiger partial charge is 0.0668 e. The van der Waals surface area contributed by atoms with Crippen LogP contribution in [0.5, 0.6) is 0 Å². The van der Waals surface area contributed by atoms with Crippen molar-refractivity contribution in [2.75, 3.05) is 6.54 Å². The predicted molar refractivity (Wildman–Crippen MR) is 89.5 cm³/mol. The Balaban J connectivity index is 1.75. The number of hydrogen-bond acceptors (Lipinski definition) is 2. The SMILES string of the molecule is CCCC1(NC[C@H](O)CCc2ccccc2)CCCCC1. The van der Waals surface area contributed by atoms with Crippen LogP contribution in [0, 0.1) is 0 Å². The minimum absolute atomic E-state index is 0.235. The van der Waals surface area contributed by atoms with Crippen molar-refractivity contribution in [2.24, 2.45) is 0 Å². The van der Waals surface area contributed by atoms with Gasteiger partial charge in [-0.05, 0) is 37.7 Å². The standard InChI is InChI=1S/C19H31NO/c1-2-13-19(14-7-4-8-15-19)20-16-18(21)12-11-17-9-5-3-6-10-17/h3,5-6,9-10,18,20-21H,2,4,7-8,11-16H2,1H3/t18-/m1/s1. The van der Waals surface area contributed by atoms with Crippen LogP contribution < -0.4 is 5.32 Å². The summed E-state index contributed by atoms with van der Waals surface area (Å²) in [5.74, 6) is 0. The third-order valence-electron chi connectivity index (χ3n) is 4.86. The summed E-state index contributed by atoms with van der Waals surface area (Å²) in [5.41, 5.74) is 1.62. The molecule has 1 atom stereocenters. The maximum Gasteiger partial charge on any atom is 0.0668 e. The van der Waals surface area contributed by atoms with Gasteiger partial charge in [0.25, 0.3) is 0 Å². The summed E-state index contributed by atoms with van der Waals surface area (Å²) in [7, 11) is 0. The van der Waals surface area contributed by atoms with E-state index < -0.39 is 0 Å². The first-order valence-electron chi connectivity index (χ1n) is 8.71. The molecule has 0 amide bonds. The topological polar surface area (TPSA) is 32.3 Å². The molecule has 1 aliphatic carbocycles. The van der Waals surface area contributed by atoms with E-state index >= 15 is 0 Å². The number of nitrogens with one attached hydrogen (secondary N) is 1. The lowest BCUT2D eigenvalue weighted by Crippen LogP contribution is -2.49. The number of aryl methyl sites for hydroxylation is 1. The van der Waals surface area contributed by atoms with Crippen molar-refractivity contribution >= 4 is 0 Å². The second kappa shape index (κ2) is 8.55. The Morgan fingerprint density at radius 2 is 1.86 bits per heavy atom. The largest absolute Gasteiger partial charge is 0.392 e. The lowest BCUT2D eigenvalue weighted by Gasteiger charge is -2.39. The lowest BCUT2D eigenvalue weighted by molar-refractivity contribution is 0.128. The average Bonchev–Trinajstić information content (AvgIpc) is 2.53. The van der Waals surface area contributed by atoms with Crippen LogP contribution in [-0.2, 0) is 6.42 Å². The van der Waals surface area contributed by atoms with Gasteiger partial charge in [-0.3, -0.25) is 0 Å². The van der Waals surface area contributed by atoms with Crippen LogP contribution in [-0.4, -0.2) is 23.3 Å². The molecule has 0 aliphatic heterocycles. The van der Waals surface area contributed by atoms with Crippen molar-refractivity contribution in [3.63, 3.8) is 0 Å². The highest BCUT2D eigenvalue weighted by Crippen LogP contribution is 2.32. The van der Waals surface area contributed by atoms with Crippen molar-refractivity contribution in [3.8, 4) is 0 Å². The molecule has 2 rings (SSSR count). The first-order valence-corrected chi connectivity index (χ1v) is 8.71. The Morgan fingerprint density at radius 3 is 2.52 bits per heavy atom. The Bertz CT molecular complexity index is 378. The molecule has 0 spiro atoms.